The molecular formula is C9H7ClN2O2. The molecule has 0 saturated carbocycles. The Morgan fingerprint density at radius 3 is 3.00 bits per heavy atom. The second kappa shape index (κ2) is 4.58. The van der Waals surface area contributed by atoms with E-state index in [4.69, 9.17) is 21.6 Å². The fourth-order valence-electron chi connectivity index (χ4n) is 0.830. The summed E-state index contributed by atoms with van der Waals surface area (Å²) < 4.78 is 4.71. The maximum atomic E-state index is 11.2. The van der Waals surface area contributed by atoms with Crippen LogP contribution in [0.1, 0.15) is 23.0 Å². The Balaban J connectivity index is 2.98. The van der Waals surface area contributed by atoms with Crippen molar-refractivity contribution in [1.82, 2.24) is 4.98 Å². The van der Waals surface area contributed by atoms with Crippen LogP contribution in [0.3, 0.4) is 0 Å². The van der Waals surface area contributed by atoms with Gasteiger partial charge in [0.1, 0.15) is 11.8 Å². The Labute approximate surface area is 86.1 Å². The molecule has 14 heavy (non-hydrogen) atoms. The summed E-state index contributed by atoms with van der Waals surface area (Å²) in [6.45, 7) is 1.97. The van der Waals surface area contributed by atoms with Gasteiger partial charge in [-0.25, -0.2) is 9.78 Å². The molecule has 0 atom stereocenters. The molecule has 0 radical (unpaired) electrons. The van der Waals surface area contributed by atoms with Crippen LogP contribution >= 0.6 is 11.6 Å². The highest BCUT2D eigenvalue weighted by molar-refractivity contribution is 6.32. The summed E-state index contributed by atoms with van der Waals surface area (Å²) in [5, 5.41) is 8.76. The van der Waals surface area contributed by atoms with E-state index in [1.807, 2.05) is 6.07 Å². The van der Waals surface area contributed by atoms with Crippen LogP contribution in [0.4, 0.5) is 0 Å². The number of hydrogen-bond donors (Lipinski definition) is 0. The number of aromatic nitrogens is 1. The fourth-order valence-corrected chi connectivity index (χ4v) is 1.02. The summed E-state index contributed by atoms with van der Waals surface area (Å²) in [5.74, 6) is -0.543. The van der Waals surface area contributed by atoms with Crippen LogP contribution in [-0.2, 0) is 4.74 Å². The number of ether oxygens (including phenoxy) is 1. The van der Waals surface area contributed by atoms with Crippen molar-refractivity contribution >= 4 is 17.6 Å². The van der Waals surface area contributed by atoms with Gasteiger partial charge in [0.05, 0.1) is 17.2 Å². The predicted octanol–water partition coefficient (Wildman–Crippen LogP) is 1.78. The van der Waals surface area contributed by atoms with E-state index >= 15 is 0 Å². The molecule has 1 aromatic rings. The Kier molecular flexibility index (Phi) is 3.43. The van der Waals surface area contributed by atoms with E-state index in [1.165, 1.54) is 12.3 Å². The van der Waals surface area contributed by atoms with Gasteiger partial charge in [-0.15, -0.1) is 0 Å². The first-order chi connectivity index (χ1) is 6.69. The zero-order valence-electron chi connectivity index (χ0n) is 7.45. The molecule has 0 aromatic carbocycles. The van der Waals surface area contributed by atoms with Crippen molar-refractivity contribution in [2.45, 2.75) is 6.92 Å². The zero-order chi connectivity index (χ0) is 10.6. The highest BCUT2D eigenvalue weighted by Crippen LogP contribution is 2.15. The average Bonchev–Trinajstić information content (AvgIpc) is 2.18. The molecule has 0 aliphatic rings. The zero-order valence-corrected chi connectivity index (χ0v) is 8.21. The molecule has 0 unspecified atom stereocenters. The van der Waals surface area contributed by atoms with Crippen molar-refractivity contribution in [3.8, 4) is 6.07 Å². The van der Waals surface area contributed by atoms with Gasteiger partial charge in [-0.2, -0.15) is 5.26 Å². The predicted molar refractivity (Wildman–Crippen MR) is 49.9 cm³/mol. The molecule has 0 fully saturated rings. The lowest BCUT2D eigenvalue weighted by atomic mass is 10.2. The lowest BCUT2D eigenvalue weighted by Gasteiger charge is -2.01. The summed E-state index contributed by atoms with van der Waals surface area (Å²) in [6, 6.07) is 3.16. The quantitative estimate of drug-likeness (QED) is 0.698. The molecule has 0 amide bonds. The summed E-state index contributed by atoms with van der Waals surface area (Å²) >= 11 is 5.70. The third kappa shape index (κ3) is 2.21. The van der Waals surface area contributed by atoms with Gasteiger partial charge in [0, 0.05) is 6.20 Å². The highest BCUT2D eigenvalue weighted by atomic mass is 35.5. The van der Waals surface area contributed by atoms with Gasteiger partial charge in [0.15, 0.2) is 0 Å². The van der Waals surface area contributed by atoms with Gasteiger partial charge in [-0.3, -0.25) is 0 Å². The van der Waals surface area contributed by atoms with E-state index in [0.29, 0.717) is 0 Å². The van der Waals surface area contributed by atoms with Crippen LogP contribution < -0.4 is 0 Å². The standard InChI is InChI=1S/C9H7ClN2O2/c1-2-14-9(13)8-3-7(10)6(4-11)5-12-8/h3,5H,2H2,1H3. The molecule has 72 valence electrons. The number of carbonyl (C=O) groups is 1. The largest absolute Gasteiger partial charge is 0.461 e. The van der Waals surface area contributed by atoms with Gasteiger partial charge >= 0.3 is 5.97 Å². The molecule has 1 heterocycles. The van der Waals surface area contributed by atoms with E-state index in [9.17, 15) is 4.79 Å². The molecule has 4 nitrogen and oxygen atoms in total. The van der Waals surface area contributed by atoms with E-state index in [0.717, 1.165) is 0 Å². The first-order valence-electron chi connectivity index (χ1n) is 3.91. The Morgan fingerprint density at radius 1 is 1.79 bits per heavy atom. The molecule has 0 saturated heterocycles. The molecule has 0 bridgehead atoms. The van der Waals surface area contributed by atoms with E-state index < -0.39 is 5.97 Å². The molecular weight excluding hydrogens is 204 g/mol. The van der Waals surface area contributed by atoms with Gasteiger partial charge < -0.3 is 4.74 Å². The monoisotopic (exact) mass is 210 g/mol. The van der Waals surface area contributed by atoms with Crippen LogP contribution in [0.2, 0.25) is 5.02 Å². The van der Waals surface area contributed by atoms with Crippen molar-refractivity contribution in [3.63, 3.8) is 0 Å². The number of hydrogen-bond acceptors (Lipinski definition) is 4. The van der Waals surface area contributed by atoms with Crippen molar-refractivity contribution in [3.05, 3.63) is 28.5 Å². The molecule has 0 aliphatic heterocycles. The van der Waals surface area contributed by atoms with Crippen LogP contribution in [0.25, 0.3) is 0 Å². The van der Waals surface area contributed by atoms with Crippen molar-refractivity contribution in [2.75, 3.05) is 6.61 Å². The van der Waals surface area contributed by atoms with Crippen molar-refractivity contribution < 1.29 is 9.53 Å². The van der Waals surface area contributed by atoms with Crippen molar-refractivity contribution in [1.29, 1.82) is 5.26 Å². The van der Waals surface area contributed by atoms with Gasteiger partial charge in [-0.05, 0) is 13.0 Å². The average molecular weight is 211 g/mol. The van der Waals surface area contributed by atoms with Crippen molar-refractivity contribution in [2.24, 2.45) is 0 Å². The maximum absolute atomic E-state index is 11.2. The Bertz CT molecular complexity index is 398. The normalized spacial score (nSPS) is 9.21. The summed E-state index contributed by atoms with van der Waals surface area (Å²) in [6.07, 6.45) is 1.24. The lowest BCUT2D eigenvalue weighted by Crippen LogP contribution is -2.07. The Hall–Kier alpha value is -1.60. The minimum absolute atomic E-state index is 0.107. The lowest BCUT2D eigenvalue weighted by molar-refractivity contribution is 0.0519. The number of rotatable bonds is 2. The summed E-state index contributed by atoms with van der Waals surface area (Å²) in [7, 11) is 0. The molecule has 1 rings (SSSR count). The molecule has 0 N–H and O–H groups in total. The third-order valence-corrected chi connectivity index (χ3v) is 1.77. The van der Waals surface area contributed by atoms with Crippen LogP contribution in [0.15, 0.2) is 12.3 Å². The highest BCUT2D eigenvalue weighted by Gasteiger charge is 2.10. The van der Waals surface area contributed by atoms with E-state index in [2.05, 4.69) is 4.98 Å². The van der Waals surface area contributed by atoms with Crippen LogP contribution in [-0.4, -0.2) is 17.6 Å². The number of pyridine rings is 1. The minimum atomic E-state index is -0.543. The minimum Gasteiger partial charge on any atom is -0.461 e. The third-order valence-electron chi connectivity index (χ3n) is 1.46. The molecule has 5 heteroatoms. The fraction of sp³-hybridized carbons (Fsp3) is 0.222. The van der Waals surface area contributed by atoms with Crippen LogP contribution in [0, 0.1) is 11.3 Å². The second-order valence-electron chi connectivity index (χ2n) is 2.38. The first-order valence-corrected chi connectivity index (χ1v) is 4.29. The molecule has 1 aromatic heterocycles. The number of carbonyl (C=O) groups excluding carboxylic acids is 1. The van der Waals surface area contributed by atoms with Gasteiger partial charge in [0.25, 0.3) is 0 Å². The van der Waals surface area contributed by atoms with Gasteiger partial charge in [-0.1, -0.05) is 11.6 Å². The second-order valence-corrected chi connectivity index (χ2v) is 2.79. The number of halogens is 1. The summed E-state index contributed by atoms with van der Waals surface area (Å²) in [4.78, 5) is 14.9. The first kappa shape index (κ1) is 10.5. The SMILES string of the molecule is CCOC(=O)c1cc(Cl)c(C#N)cn1. The topological polar surface area (TPSA) is 63.0 Å². The van der Waals surface area contributed by atoms with Crippen LogP contribution in [0.5, 0.6) is 0 Å². The van der Waals surface area contributed by atoms with E-state index in [1.54, 1.807) is 6.92 Å². The number of esters is 1. The smallest absolute Gasteiger partial charge is 0.356 e. The number of nitrogens with zero attached hydrogens (tertiary/aromatic N) is 2. The molecule has 0 spiro atoms. The maximum Gasteiger partial charge on any atom is 0.356 e. The van der Waals surface area contributed by atoms with E-state index in [-0.39, 0.29) is 22.9 Å². The summed E-state index contributed by atoms with van der Waals surface area (Å²) in [5.41, 5.74) is 0.343. The van der Waals surface area contributed by atoms with Gasteiger partial charge in [0.2, 0.25) is 0 Å². The Morgan fingerprint density at radius 2 is 2.50 bits per heavy atom. The number of nitriles is 1. The molecule has 0 aliphatic carbocycles.